The Morgan fingerprint density at radius 2 is 2.18 bits per heavy atom. The van der Waals surface area contributed by atoms with Gasteiger partial charge in [-0.25, -0.2) is 0 Å². The molecule has 2 nitrogen and oxygen atoms in total. The SMILES string of the molecule is CC1(C)C(=O)[C@@]2(O)CC[C@@H]1C2. The van der Waals surface area contributed by atoms with Crippen LogP contribution in [0.1, 0.15) is 33.1 Å². The topological polar surface area (TPSA) is 37.3 Å². The zero-order chi connectivity index (χ0) is 8.28. The molecular weight excluding hydrogens is 140 g/mol. The van der Waals surface area contributed by atoms with Crippen LogP contribution in [0.15, 0.2) is 0 Å². The molecule has 11 heavy (non-hydrogen) atoms. The van der Waals surface area contributed by atoms with Gasteiger partial charge in [0.15, 0.2) is 5.78 Å². The molecule has 0 aromatic heterocycles. The Labute approximate surface area is 66.6 Å². The highest BCUT2D eigenvalue weighted by molar-refractivity contribution is 5.95. The Morgan fingerprint density at radius 3 is 2.45 bits per heavy atom. The average molecular weight is 154 g/mol. The predicted molar refractivity (Wildman–Crippen MR) is 41.1 cm³/mol. The molecule has 2 saturated carbocycles. The molecule has 2 atom stereocenters. The van der Waals surface area contributed by atoms with E-state index in [4.69, 9.17) is 0 Å². The minimum absolute atomic E-state index is 0.0706. The van der Waals surface area contributed by atoms with Crippen molar-refractivity contribution in [3.05, 3.63) is 0 Å². The Kier molecular flexibility index (Phi) is 1.12. The summed E-state index contributed by atoms with van der Waals surface area (Å²) in [5, 5.41) is 9.80. The normalized spacial score (nSPS) is 46.8. The first kappa shape index (κ1) is 7.29. The van der Waals surface area contributed by atoms with Crippen molar-refractivity contribution in [1.82, 2.24) is 0 Å². The lowest BCUT2D eigenvalue weighted by Gasteiger charge is -2.30. The molecule has 0 radical (unpaired) electrons. The van der Waals surface area contributed by atoms with Crippen LogP contribution in [0.25, 0.3) is 0 Å². The molecule has 0 spiro atoms. The number of rotatable bonds is 0. The van der Waals surface area contributed by atoms with Gasteiger partial charge in [-0.05, 0) is 25.2 Å². The maximum Gasteiger partial charge on any atom is 0.170 e. The van der Waals surface area contributed by atoms with Crippen LogP contribution in [0.2, 0.25) is 0 Å². The van der Waals surface area contributed by atoms with Crippen molar-refractivity contribution in [3.63, 3.8) is 0 Å². The van der Waals surface area contributed by atoms with E-state index in [1.807, 2.05) is 13.8 Å². The molecule has 0 saturated heterocycles. The van der Waals surface area contributed by atoms with Crippen LogP contribution in [0, 0.1) is 11.3 Å². The maximum absolute atomic E-state index is 11.6. The summed E-state index contributed by atoms with van der Waals surface area (Å²) >= 11 is 0. The second-order valence-electron chi connectivity index (χ2n) is 4.52. The van der Waals surface area contributed by atoms with Crippen LogP contribution >= 0.6 is 0 Å². The Balaban J connectivity index is 2.42. The van der Waals surface area contributed by atoms with Crippen LogP contribution < -0.4 is 0 Å². The fraction of sp³-hybridized carbons (Fsp3) is 0.889. The van der Waals surface area contributed by atoms with Gasteiger partial charge in [0.05, 0.1) is 0 Å². The summed E-state index contributed by atoms with van der Waals surface area (Å²) in [6.07, 6.45) is 2.42. The number of hydrogen-bond donors (Lipinski definition) is 1. The molecule has 2 heteroatoms. The number of carbonyl (C=O) groups excluding carboxylic acids is 1. The van der Waals surface area contributed by atoms with Crippen LogP contribution in [0.3, 0.4) is 0 Å². The lowest BCUT2D eigenvalue weighted by molar-refractivity contribution is -0.142. The zero-order valence-corrected chi connectivity index (χ0v) is 7.05. The number of hydrogen-bond acceptors (Lipinski definition) is 2. The van der Waals surface area contributed by atoms with Crippen molar-refractivity contribution in [1.29, 1.82) is 0 Å². The number of aliphatic hydroxyl groups is 1. The Bertz CT molecular complexity index is 213. The summed E-state index contributed by atoms with van der Waals surface area (Å²) in [6.45, 7) is 3.91. The fourth-order valence-corrected chi connectivity index (χ4v) is 2.63. The van der Waals surface area contributed by atoms with E-state index >= 15 is 0 Å². The number of Topliss-reactive ketones (excluding diaryl/α,β-unsaturated/α-hetero) is 1. The number of fused-ring (bicyclic) bond motifs is 2. The second kappa shape index (κ2) is 1.69. The first-order valence-corrected chi connectivity index (χ1v) is 4.24. The van der Waals surface area contributed by atoms with Gasteiger partial charge < -0.3 is 5.11 Å². The lowest BCUT2D eigenvalue weighted by atomic mass is 9.75. The van der Waals surface area contributed by atoms with E-state index in [2.05, 4.69) is 0 Å². The van der Waals surface area contributed by atoms with Gasteiger partial charge in [-0.1, -0.05) is 13.8 Å². The minimum atomic E-state index is -0.936. The molecule has 62 valence electrons. The van der Waals surface area contributed by atoms with E-state index in [1.165, 1.54) is 0 Å². The summed E-state index contributed by atoms with van der Waals surface area (Å²) in [5.41, 5.74) is -1.19. The molecule has 1 N–H and O–H groups in total. The lowest BCUT2D eigenvalue weighted by Crippen LogP contribution is -2.41. The van der Waals surface area contributed by atoms with Gasteiger partial charge in [-0.3, -0.25) is 4.79 Å². The van der Waals surface area contributed by atoms with E-state index in [-0.39, 0.29) is 11.2 Å². The van der Waals surface area contributed by atoms with Crippen LogP contribution in [0.4, 0.5) is 0 Å². The fourth-order valence-electron chi connectivity index (χ4n) is 2.63. The van der Waals surface area contributed by atoms with Gasteiger partial charge in [-0.15, -0.1) is 0 Å². The van der Waals surface area contributed by atoms with Gasteiger partial charge in [0.25, 0.3) is 0 Å². The van der Waals surface area contributed by atoms with Crippen LogP contribution in [-0.2, 0) is 4.79 Å². The van der Waals surface area contributed by atoms with Crippen molar-refractivity contribution in [2.24, 2.45) is 11.3 Å². The van der Waals surface area contributed by atoms with E-state index in [0.29, 0.717) is 18.8 Å². The highest BCUT2D eigenvalue weighted by Crippen LogP contribution is 2.54. The van der Waals surface area contributed by atoms with Crippen molar-refractivity contribution < 1.29 is 9.90 Å². The molecule has 2 fully saturated rings. The Hall–Kier alpha value is -0.370. The highest BCUT2D eigenvalue weighted by atomic mass is 16.3. The van der Waals surface area contributed by atoms with Gasteiger partial charge in [0.1, 0.15) is 5.60 Å². The van der Waals surface area contributed by atoms with Crippen molar-refractivity contribution in [3.8, 4) is 0 Å². The average Bonchev–Trinajstić information content (AvgIpc) is 2.36. The monoisotopic (exact) mass is 154 g/mol. The highest BCUT2D eigenvalue weighted by Gasteiger charge is 2.60. The van der Waals surface area contributed by atoms with Crippen molar-refractivity contribution in [2.45, 2.75) is 38.7 Å². The van der Waals surface area contributed by atoms with E-state index in [0.717, 1.165) is 6.42 Å². The second-order valence-corrected chi connectivity index (χ2v) is 4.52. The molecule has 0 heterocycles. The smallest absolute Gasteiger partial charge is 0.170 e. The third kappa shape index (κ3) is 0.684. The quantitative estimate of drug-likeness (QED) is 0.568. The molecule has 2 rings (SSSR count). The summed E-state index contributed by atoms with van der Waals surface area (Å²) in [5.74, 6) is 0.501. The molecule has 2 aliphatic rings. The van der Waals surface area contributed by atoms with Crippen molar-refractivity contribution in [2.75, 3.05) is 0 Å². The van der Waals surface area contributed by atoms with Gasteiger partial charge >= 0.3 is 0 Å². The van der Waals surface area contributed by atoms with Gasteiger partial charge in [0, 0.05) is 5.41 Å². The first-order valence-electron chi connectivity index (χ1n) is 4.24. The summed E-state index contributed by atoms with van der Waals surface area (Å²) in [4.78, 5) is 11.6. The third-order valence-corrected chi connectivity index (χ3v) is 3.52. The predicted octanol–water partition coefficient (Wildman–Crippen LogP) is 1.13. The summed E-state index contributed by atoms with van der Waals surface area (Å²) < 4.78 is 0. The van der Waals surface area contributed by atoms with Crippen LogP contribution in [-0.4, -0.2) is 16.5 Å². The molecule has 0 unspecified atom stereocenters. The molecular formula is C9H14O2. The molecule has 0 aliphatic heterocycles. The number of ketones is 1. The summed E-state index contributed by atoms with van der Waals surface area (Å²) in [7, 11) is 0. The first-order chi connectivity index (χ1) is 4.97. The third-order valence-electron chi connectivity index (χ3n) is 3.52. The zero-order valence-electron chi connectivity index (χ0n) is 7.05. The molecule has 0 amide bonds. The summed E-state index contributed by atoms with van der Waals surface area (Å²) in [6, 6.07) is 0. The largest absolute Gasteiger partial charge is 0.382 e. The molecule has 0 aromatic carbocycles. The van der Waals surface area contributed by atoms with E-state index in [1.54, 1.807) is 0 Å². The maximum atomic E-state index is 11.6. The van der Waals surface area contributed by atoms with Crippen LogP contribution in [0.5, 0.6) is 0 Å². The molecule has 2 aliphatic carbocycles. The molecule has 2 bridgehead atoms. The Morgan fingerprint density at radius 1 is 1.55 bits per heavy atom. The molecule has 0 aromatic rings. The standard InChI is InChI=1S/C9H14O2/c1-8(2)6-3-4-9(11,5-6)7(8)10/h6,11H,3-5H2,1-2H3/t6-,9-/m1/s1. The van der Waals surface area contributed by atoms with E-state index in [9.17, 15) is 9.90 Å². The van der Waals surface area contributed by atoms with E-state index < -0.39 is 5.60 Å². The van der Waals surface area contributed by atoms with Crippen molar-refractivity contribution >= 4 is 5.78 Å². The van der Waals surface area contributed by atoms with Gasteiger partial charge in [-0.2, -0.15) is 0 Å². The van der Waals surface area contributed by atoms with Gasteiger partial charge in [0.2, 0.25) is 0 Å². The minimum Gasteiger partial charge on any atom is -0.382 e. The number of carbonyl (C=O) groups is 1.